The average molecular weight is 264 g/mol. The second-order valence-corrected chi connectivity index (χ2v) is 8.03. The quantitative estimate of drug-likeness (QED) is 0.909. The van der Waals surface area contributed by atoms with Crippen LogP contribution in [0.15, 0.2) is 12.3 Å². The van der Waals surface area contributed by atoms with Crippen molar-refractivity contribution in [1.29, 1.82) is 0 Å². The number of rotatable bonds is 3. The molecular formula is C16H28N2O. The number of aromatic nitrogens is 2. The third kappa shape index (κ3) is 3.59. The molecule has 0 radical (unpaired) electrons. The van der Waals surface area contributed by atoms with E-state index in [0.29, 0.717) is 0 Å². The molecule has 1 heterocycles. The molecule has 0 atom stereocenters. The van der Waals surface area contributed by atoms with E-state index >= 15 is 0 Å². The molecule has 3 heteroatoms. The highest BCUT2D eigenvalue weighted by atomic mass is 16.3. The van der Waals surface area contributed by atoms with Gasteiger partial charge in [0.2, 0.25) is 0 Å². The highest BCUT2D eigenvalue weighted by molar-refractivity contribution is 5.04. The van der Waals surface area contributed by atoms with Crippen molar-refractivity contribution in [2.45, 2.75) is 65.4 Å². The summed E-state index contributed by atoms with van der Waals surface area (Å²) in [5.41, 5.74) is 1.12. The molecule has 108 valence electrons. The number of aliphatic hydroxyl groups is 1. The van der Waals surface area contributed by atoms with Crippen molar-refractivity contribution in [3.8, 4) is 0 Å². The molecule has 1 aromatic heterocycles. The summed E-state index contributed by atoms with van der Waals surface area (Å²) < 4.78 is 1.91. The highest BCUT2D eigenvalue weighted by Gasteiger charge is 2.45. The minimum atomic E-state index is -0.532. The van der Waals surface area contributed by atoms with Crippen LogP contribution in [-0.4, -0.2) is 20.5 Å². The van der Waals surface area contributed by atoms with Crippen molar-refractivity contribution in [1.82, 2.24) is 9.78 Å². The van der Waals surface area contributed by atoms with Crippen LogP contribution in [0.3, 0.4) is 0 Å². The molecule has 1 aliphatic carbocycles. The van der Waals surface area contributed by atoms with Crippen molar-refractivity contribution in [2.24, 2.45) is 17.9 Å². The maximum Gasteiger partial charge on any atom is 0.0661 e. The van der Waals surface area contributed by atoms with Crippen LogP contribution >= 0.6 is 0 Å². The Bertz CT molecular complexity index is 429. The second-order valence-electron chi connectivity index (χ2n) is 8.03. The van der Waals surface area contributed by atoms with Gasteiger partial charge in [0.25, 0.3) is 0 Å². The lowest BCUT2D eigenvalue weighted by Crippen LogP contribution is -2.46. The van der Waals surface area contributed by atoms with Crippen LogP contribution in [0, 0.1) is 10.8 Å². The van der Waals surface area contributed by atoms with Crippen molar-refractivity contribution >= 4 is 0 Å². The molecule has 0 saturated heterocycles. The normalized spacial score (nSPS) is 24.3. The molecule has 1 aliphatic rings. The first kappa shape index (κ1) is 14.6. The third-order valence-electron chi connectivity index (χ3n) is 4.34. The summed E-state index contributed by atoms with van der Waals surface area (Å²) in [6.45, 7) is 9.12. The number of hydrogen-bond acceptors (Lipinski definition) is 2. The smallest absolute Gasteiger partial charge is 0.0661 e. The first-order valence-electron chi connectivity index (χ1n) is 7.30. The van der Waals surface area contributed by atoms with Crippen LogP contribution in [-0.2, 0) is 13.5 Å². The summed E-state index contributed by atoms with van der Waals surface area (Å²) in [6.07, 6.45) is 6.56. The first-order valence-corrected chi connectivity index (χ1v) is 7.30. The molecular weight excluding hydrogens is 236 g/mol. The van der Waals surface area contributed by atoms with Gasteiger partial charge in [0.05, 0.1) is 5.60 Å². The van der Waals surface area contributed by atoms with E-state index in [4.69, 9.17) is 0 Å². The highest BCUT2D eigenvalue weighted by Crippen LogP contribution is 2.51. The maximum absolute atomic E-state index is 11.0. The molecule has 1 saturated carbocycles. The molecule has 3 nitrogen and oxygen atoms in total. The predicted octanol–water partition coefficient (Wildman–Crippen LogP) is 3.32. The molecule has 1 fully saturated rings. The van der Waals surface area contributed by atoms with Gasteiger partial charge in [-0.25, -0.2) is 0 Å². The predicted molar refractivity (Wildman–Crippen MR) is 77.9 cm³/mol. The van der Waals surface area contributed by atoms with Gasteiger partial charge in [-0.1, -0.05) is 27.7 Å². The second kappa shape index (κ2) is 4.62. The van der Waals surface area contributed by atoms with E-state index in [-0.39, 0.29) is 10.8 Å². The molecule has 0 bridgehead atoms. The molecule has 0 aromatic carbocycles. The Hall–Kier alpha value is -0.830. The van der Waals surface area contributed by atoms with Crippen LogP contribution < -0.4 is 0 Å². The Labute approximate surface area is 117 Å². The Morgan fingerprint density at radius 2 is 1.74 bits per heavy atom. The van der Waals surface area contributed by atoms with Crippen LogP contribution in [0.4, 0.5) is 0 Å². The lowest BCUT2D eigenvalue weighted by Gasteiger charge is -2.49. The van der Waals surface area contributed by atoms with Gasteiger partial charge in [0.1, 0.15) is 0 Å². The molecule has 0 spiro atoms. The standard InChI is InChI=1S/C16H28N2O/c1-14(2)10-15(3,4)12-16(19,11-14)8-6-13-7-9-17-18(13)5/h7,9,19H,6,8,10-12H2,1-5H3. The van der Waals surface area contributed by atoms with E-state index in [2.05, 4.69) is 32.8 Å². The summed E-state index contributed by atoms with van der Waals surface area (Å²) in [6, 6.07) is 2.04. The lowest BCUT2D eigenvalue weighted by molar-refractivity contribution is -0.0903. The monoisotopic (exact) mass is 264 g/mol. The van der Waals surface area contributed by atoms with Crippen LogP contribution in [0.5, 0.6) is 0 Å². The number of hydrogen-bond donors (Lipinski definition) is 1. The molecule has 0 aliphatic heterocycles. The van der Waals surface area contributed by atoms with Gasteiger partial charge in [0, 0.05) is 18.9 Å². The van der Waals surface area contributed by atoms with Gasteiger partial charge in [-0.05, 0) is 49.0 Å². The molecule has 0 amide bonds. The molecule has 1 N–H and O–H groups in total. The minimum absolute atomic E-state index is 0.225. The van der Waals surface area contributed by atoms with Crippen LogP contribution in [0.2, 0.25) is 0 Å². The van der Waals surface area contributed by atoms with Crippen LogP contribution in [0.1, 0.15) is 59.1 Å². The van der Waals surface area contributed by atoms with Crippen molar-refractivity contribution in [3.05, 3.63) is 18.0 Å². The fourth-order valence-electron chi connectivity index (χ4n) is 4.45. The van der Waals surface area contributed by atoms with Gasteiger partial charge in [-0.3, -0.25) is 4.68 Å². The zero-order valence-electron chi connectivity index (χ0n) is 13.0. The van der Waals surface area contributed by atoms with E-state index in [1.807, 2.05) is 24.0 Å². The first-order chi connectivity index (χ1) is 8.61. The molecule has 1 aromatic rings. The fraction of sp³-hybridized carbons (Fsp3) is 0.812. The SMILES string of the molecule is Cn1nccc1CCC1(O)CC(C)(C)CC(C)(C)C1. The topological polar surface area (TPSA) is 38.0 Å². The van der Waals surface area contributed by atoms with E-state index in [9.17, 15) is 5.11 Å². The van der Waals surface area contributed by atoms with Gasteiger partial charge in [-0.15, -0.1) is 0 Å². The van der Waals surface area contributed by atoms with E-state index in [0.717, 1.165) is 25.7 Å². The molecule has 2 rings (SSSR count). The zero-order chi connectivity index (χ0) is 14.3. The van der Waals surface area contributed by atoms with E-state index < -0.39 is 5.60 Å². The molecule has 19 heavy (non-hydrogen) atoms. The Balaban J connectivity index is 2.07. The zero-order valence-corrected chi connectivity index (χ0v) is 13.0. The Kier molecular flexibility index (Phi) is 3.54. The maximum atomic E-state index is 11.0. The Morgan fingerprint density at radius 1 is 1.16 bits per heavy atom. The fourth-order valence-corrected chi connectivity index (χ4v) is 4.45. The largest absolute Gasteiger partial charge is 0.390 e. The third-order valence-corrected chi connectivity index (χ3v) is 4.34. The van der Waals surface area contributed by atoms with Crippen molar-refractivity contribution in [3.63, 3.8) is 0 Å². The summed E-state index contributed by atoms with van der Waals surface area (Å²) in [7, 11) is 1.97. The van der Waals surface area contributed by atoms with E-state index in [1.54, 1.807) is 0 Å². The summed E-state index contributed by atoms with van der Waals surface area (Å²) in [4.78, 5) is 0. The summed E-state index contributed by atoms with van der Waals surface area (Å²) in [5.74, 6) is 0. The van der Waals surface area contributed by atoms with Gasteiger partial charge in [0.15, 0.2) is 0 Å². The van der Waals surface area contributed by atoms with Gasteiger partial charge < -0.3 is 5.11 Å². The molecule has 0 unspecified atom stereocenters. The Morgan fingerprint density at radius 3 is 2.21 bits per heavy atom. The minimum Gasteiger partial charge on any atom is -0.390 e. The van der Waals surface area contributed by atoms with Gasteiger partial charge >= 0.3 is 0 Å². The van der Waals surface area contributed by atoms with Crippen LogP contribution in [0.25, 0.3) is 0 Å². The van der Waals surface area contributed by atoms with Crippen molar-refractivity contribution < 1.29 is 5.11 Å². The van der Waals surface area contributed by atoms with Crippen molar-refractivity contribution in [2.75, 3.05) is 0 Å². The number of aryl methyl sites for hydroxylation is 2. The lowest BCUT2D eigenvalue weighted by atomic mass is 9.59. The summed E-state index contributed by atoms with van der Waals surface area (Å²) >= 11 is 0. The number of nitrogens with zero attached hydrogens (tertiary/aromatic N) is 2. The van der Waals surface area contributed by atoms with Gasteiger partial charge in [-0.2, -0.15) is 5.10 Å². The van der Waals surface area contributed by atoms with E-state index in [1.165, 1.54) is 12.1 Å². The summed E-state index contributed by atoms with van der Waals surface area (Å²) in [5, 5.41) is 15.2. The average Bonchev–Trinajstić information content (AvgIpc) is 2.55.